The molecule has 3 aromatic rings. The molecule has 190 valence electrons. The Morgan fingerprint density at radius 2 is 1.57 bits per heavy atom. The molecular formula is C29H28N2O5S. The zero-order chi connectivity index (χ0) is 26.6. The van der Waals surface area contributed by atoms with Crippen LogP contribution in [0, 0.1) is 6.92 Å². The lowest BCUT2D eigenvalue weighted by atomic mass is 10.1. The maximum atomic E-state index is 13.1. The van der Waals surface area contributed by atoms with Gasteiger partial charge in [-0.3, -0.25) is 19.2 Å². The van der Waals surface area contributed by atoms with Crippen LogP contribution in [0.25, 0.3) is 6.08 Å². The minimum atomic E-state index is -0.528. The lowest BCUT2D eigenvalue weighted by Gasteiger charge is -2.12. The van der Waals surface area contributed by atoms with Crippen molar-refractivity contribution in [3.05, 3.63) is 101 Å². The van der Waals surface area contributed by atoms with Gasteiger partial charge in [-0.1, -0.05) is 48.0 Å². The summed E-state index contributed by atoms with van der Waals surface area (Å²) in [6.07, 6.45) is 1.37. The number of nitrogens with one attached hydrogen (secondary N) is 2. The van der Waals surface area contributed by atoms with Gasteiger partial charge in [0.15, 0.2) is 5.78 Å². The quantitative estimate of drug-likeness (QED) is 0.161. The molecule has 0 fully saturated rings. The van der Waals surface area contributed by atoms with Gasteiger partial charge in [-0.25, -0.2) is 0 Å². The highest BCUT2D eigenvalue weighted by molar-refractivity contribution is 8.00. The predicted molar refractivity (Wildman–Crippen MR) is 145 cm³/mol. The maximum absolute atomic E-state index is 13.1. The molecule has 0 aliphatic rings. The molecule has 0 saturated heterocycles. The highest BCUT2D eigenvalue weighted by Crippen LogP contribution is 2.21. The molecule has 3 rings (SSSR count). The van der Waals surface area contributed by atoms with E-state index in [9.17, 15) is 19.2 Å². The van der Waals surface area contributed by atoms with Gasteiger partial charge < -0.3 is 15.4 Å². The van der Waals surface area contributed by atoms with Gasteiger partial charge in [0, 0.05) is 16.1 Å². The van der Waals surface area contributed by atoms with Crippen LogP contribution in [-0.2, 0) is 19.1 Å². The van der Waals surface area contributed by atoms with Crippen LogP contribution in [0.5, 0.6) is 0 Å². The Labute approximate surface area is 220 Å². The smallest absolute Gasteiger partial charge is 0.313 e. The summed E-state index contributed by atoms with van der Waals surface area (Å²) in [5, 5.41) is 5.52. The van der Waals surface area contributed by atoms with Crippen molar-refractivity contribution in [2.45, 2.75) is 25.2 Å². The third kappa shape index (κ3) is 9.09. The van der Waals surface area contributed by atoms with E-state index in [1.54, 1.807) is 61.5 Å². The van der Waals surface area contributed by atoms with Crippen molar-refractivity contribution in [1.82, 2.24) is 5.32 Å². The number of rotatable bonds is 11. The molecule has 0 unspecified atom stereocenters. The van der Waals surface area contributed by atoms with Gasteiger partial charge in [-0.2, -0.15) is 0 Å². The standard InChI is InChI=1S/C29H28N2O5S/c1-3-36-27(33)18-24(32)19-37-25-15-13-23(14-16-25)30-29(35)26(17-21-11-9-20(2)10-12-21)31-28(34)22-7-5-4-6-8-22/h4-17H,3,18-19H2,1-2H3,(H,30,35)(H,31,34)/b26-17-. The van der Waals surface area contributed by atoms with Crippen molar-refractivity contribution in [2.75, 3.05) is 17.7 Å². The van der Waals surface area contributed by atoms with Crippen LogP contribution in [0.15, 0.2) is 89.5 Å². The van der Waals surface area contributed by atoms with Crippen LogP contribution in [0.2, 0.25) is 0 Å². The minimum absolute atomic E-state index is 0.0979. The lowest BCUT2D eigenvalue weighted by molar-refractivity contribution is -0.145. The molecular weight excluding hydrogens is 488 g/mol. The Bertz CT molecular complexity index is 1270. The molecule has 0 radical (unpaired) electrons. The van der Waals surface area contributed by atoms with E-state index < -0.39 is 17.8 Å². The third-order valence-electron chi connectivity index (χ3n) is 5.08. The number of Topliss-reactive ketones (excluding diaryl/α,β-unsaturated/α-hetero) is 1. The zero-order valence-corrected chi connectivity index (χ0v) is 21.5. The maximum Gasteiger partial charge on any atom is 0.313 e. The second-order valence-electron chi connectivity index (χ2n) is 8.08. The molecule has 0 atom stereocenters. The summed E-state index contributed by atoms with van der Waals surface area (Å²) in [7, 11) is 0. The van der Waals surface area contributed by atoms with E-state index in [0.717, 1.165) is 16.0 Å². The summed E-state index contributed by atoms with van der Waals surface area (Å²) in [6.45, 7) is 3.90. The molecule has 0 heterocycles. The molecule has 2 amide bonds. The Kier molecular flexibility index (Phi) is 10.2. The summed E-state index contributed by atoms with van der Waals surface area (Å²) in [5.41, 5.74) is 2.90. The number of thioether (sulfide) groups is 1. The Hall–Kier alpha value is -4.17. The number of ether oxygens (including phenoxy) is 1. The van der Waals surface area contributed by atoms with Crippen molar-refractivity contribution < 1.29 is 23.9 Å². The Morgan fingerprint density at radius 1 is 0.892 bits per heavy atom. The monoisotopic (exact) mass is 516 g/mol. The van der Waals surface area contributed by atoms with Crippen LogP contribution in [0.4, 0.5) is 5.69 Å². The molecule has 0 saturated carbocycles. The summed E-state index contributed by atoms with van der Waals surface area (Å²) in [4.78, 5) is 50.0. The van der Waals surface area contributed by atoms with E-state index in [1.165, 1.54) is 11.8 Å². The SMILES string of the molecule is CCOC(=O)CC(=O)CSc1ccc(NC(=O)/C(=C/c2ccc(C)cc2)NC(=O)c2ccccc2)cc1. The van der Waals surface area contributed by atoms with Crippen LogP contribution in [0.3, 0.4) is 0 Å². The molecule has 37 heavy (non-hydrogen) atoms. The number of hydrogen-bond acceptors (Lipinski definition) is 6. The number of amides is 2. The molecule has 0 spiro atoms. The largest absolute Gasteiger partial charge is 0.466 e. The normalized spacial score (nSPS) is 10.9. The molecule has 3 aromatic carbocycles. The first-order valence-electron chi connectivity index (χ1n) is 11.7. The number of aryl methyl sites for hydroxylation is 1. The number of hydrogen-bond donors (Lipinski definition) is 2. The van der Waals surface area contributed by atoms with Gasteiger partial charge in [-0.05, 0) is 61.9 Å². The first kappa shape index (κ1) is 27.4. The number of carbonyl (C=O) groups is 4. The fourth-order valence-corrected chi connectivity index (χ4v) is 3.95. The van der Waals surface area contributed by atoms with Gasteiger partial charge in [0.2, 0.25) is 0 Å². The number of benzene rings is 3. The topological polar surface area (TPSA) is 102 Å². The van der Waals surface area contributed by atoms with Gasteiger partial charge in [0.05, 0.1) is 12.4 Å². The molecule has 0 aliphatic heterocycles. The predicted octanol–water partition coefficient (Wildman–Crippen LogP) is 5.02. The minimum Gasteiger partial charge on any atom is -0.466 e. The van der Waals surface area contributed by atoms with Gasteiger partial charge in [-0.15, -0.1) is 11.8 Å². The Balaban J connectivity index is 1.67. The van der Waals surface area contributed by atoms with Crippen LogP contribution >= 0.6 is 11.8 Å². The summed E-state index contributed by atoms with van der Waals surface area (Å²) >= 11 is 1.29. The zero-order valence-electron chi connectivity index (χ0n) is 20.7. The van der Waals surface area contributed by atoms with Crippen molar-refractivity contribution in [1.29, 1.82) is 0 Å². The van der Waals surface area contributed by atoms with Crippen LogP contribution in [-0.4, -0.2) is 35.9 Å². The van der Waals surface area contributed by atoms with E-state index in [4.69, 9.17) is 4.74 Å². The average molecular weight is 517 g/mol. The second-order valence-corrected chi connectivity index (χ2v) is 9.13. The lowest BCUT2D eigenvalue weighted by Crippen LogP contribution is -2.30. The van der Waals surface area contributed by atoms with Crippen LogP contribution < -0.4 is 10.6 Å². The molecule has 7 nitrogen and oxygen atoms in total. The summed E-state index contributed by atoms with van der Waals surface area (Å²) in [5.74, 6) is -1.48. The molecule has 0 aliphatic carbocycles. The van der Waals surface area contributed by atoms with Crippen molar-refractivity contribution in [2.24, 2.45) is 0 Å². The number of anilines is 1. The van der Waals surface area contributed by atoms with E-state index in [-0.39, 0.29) is 30.3 Å². The van der Waals surface area contributed by atoms with Crippen molar-refractivity contribution >= 4 is 47.1 Å². The molecule has 8 heteroatoms. The van der Waals surface area contributed by atoms with E-state index in [2.05, 4.69) is 10.6 Å². The van der Waals surface area contributed by atoms with Gasteiger partial charge in [0.25, 0.3) is 11.8 Å². The van der Waals surface area contributed by atoms with Crippen LogP contribution in [0.1, 0.15) is 34.8 Å². The summed E-state index contributed by atoms with van der Waals surface area (Å²) < 4.78 is 4.79. The first-order chi connectivity index (χ1) is 17.8. The summed E-state index contributed by atoms with van der Waals surface area (Å²) in [6, 6.07) is 23.2. The van der Waals surface area contributed by atoms with Gasteiger partial charge >= 0.3 is 5.97 Å². The fraction of sp³-hybridized carbons (Fsp3) is 0.172. The average Bonchev–Trinajstić information content (AvgIpc) is 2.89. The number of ketones is 1. The third-order valence-corrected chi connectivity index (χ3v) is 6.15. The van der Waals surface area contributed by atoms with Crippen molar-refractivity contribution in [3.63, 3.8) is 0 Å². The van der Waals surface area contributed by atoms with Crippen molar-refractivity contribution in [3.8, 4) is 0 Å². The van der Waals surface area contributed by atoms with E-state index in [0.29, 0.717) is 11.3 Å². The fourth-order valence-electron chi connectivity index (χ4n) is 3.19. The van der Waals surface area contributed by atoms with Gasteiger partial charge in [0.1, 0.15) is 12.1 Å². The van der Waals surface area contributed by atoms with E-state index in [1.807, 2.05) is 37.3 Å². The highest BCUT2D eigenvalue weighted by atomic mass is 32.2. The number of carbonyl (C=O) groups excluding carboxylic acids is 4. The number of esters is 1. The highest BCUT2D eigenvalue weighted by Gasteiger charge is 2.15. The Morgan fingerprint density at radius 3 is 2.22 bits per heavy atom. The second kappa shape index (κ2) is 13.8. The first-order valence-corrected chi connectivity index (χ1v) is 12.7. The molecule has 2 N–H and O–H groups in total. The molecule has 0 aromatic heterocycles. The van der Waals surface area contributed by atoms with E-state index >= 15 is 0 Å². The molecule has 0 bridgehead atoms.